The molecule has 86 valence electrons. The van der Waals surface area contributed by atoms with Gasteiger partial charge in [0.15, 0.2) is 0 Å². The molecule has 0 radical (unpaired) electrons. The van der Waals surface area contributed by atoms with Crippen LogP contribution >= 0.6 is 0 Å². The van der Waals surface area contributed by atoms with Crippen molar-refractivity contribution in [3.8, 4) is 0 Å². The molecule has 15 heavy (non-hydrogen) atoms. The van der Waals surface area contributed by atoms with Crippen molar-refractivity contribution in [2.75, 3.05) is 19.7 Å². The molecule has 2 unspecified atom stereocenters. The summed E-state index contributed by atoms with van der Waals surface area (Å²) in [5.41, 5.74) is 0. The van der Waals surface area contributed by atoms with E-state index in [4.69, 9.17) is 4.74 Å². The maximum atomic E-state index is 11.4. The molecule has 2 atom stereocenters. The molecule has 1 aliphatic heterocycles. The van der Waals surface area contributed by atoms with Crippen molar-refractivity contribution in [3.05, 3.63) is 0 Å². The number of carbonyl (C=O) groups is 1. The van der Waals surface area contributed by atoms with Gasteiger partial charge in [-0.15, -0.1) is 0 Å². The fourth-order valence-corrected chi connectivity index (χ4v) is 2.67. The molecular weight excluding hydrogens is 190 g/mol. The Labute approximate surface area is 91.8 Å². The van der Waals surface area contributed by atoms with Crippen LogP contribution in [0.1, 0.15) is 39.0 Å². The first-order valence-corrected chi connectivity index (χ1v) is 6.13. The van der Waals surface area contributed by atoms with Gasteiger partial charge in [0, 0.05) is 38.6 Å². The zero-order chi connectivity index (χ0) is 10.7. The topological polar surface area (TPSA) is 29.5 Å². The van der Waals surface area contributed by atoms with Crippen LogP contribution in [-0.2, 0) is 9.53 Å². The Hall–Kier alpha value is -0.410. The van der Waals surface area contributed by atoms with Gasteiger partial charge in [-0.3, -0.25) is 9.69 Å². The molecule has 3 heteroatoms. The second kappa shape index (κ2) is 5.08. The van der Waals surface area contributed by atoms with E-state index >= 15 is 0 Å². The van der Waals surface area contributed by atoms with Gasteiger partial charge in [0.05, 0.1) is 6.10 Å². The molecule has 0 spiro atoms. The summed E-state index contributed by atoms with van der Waals surface area (Å²) < 4.78 is 5.62. The molecule has 0 bridgehead atoms. The van der Waals surface area contributed by atoms with Gasteiger partial charge in [-0.2, -0.15) is 0 Å². The van der Waals surface area contributed by atoms with E-state index in [0.717, 1.165) is 45.4 Å². The van der Waals surface area contributed by atoms with Gasteiger partial charge in [0.1, 0.15) is 5.78 Å². The van der Waals surface area contributed by atoms with Crippen LogP contribution in [0.4, 0.5) is 0 Å². The van der Waals surface area contributed by atoms with Crippen LogP contribution in [0.2, 0.25) is 0 Å². The molecule has 0 aromatic heterocycles. The minimum Gasteiger partial charge on any atom is -0.377 e. The molecule has 2 rings (SSSR count). The number of ether oxygens (including phenoxy) is 1. The lowest BCUT2D eigenvalue weighted by Gasteiger charge is -2.33. The number of hydrogen-bond acceptors (Lipinski definition) is 3. The zero-order valence-electron chi connectivity index (χ0n) is 9.58. The number of rotatable bonds is 1. The maximum Gasteiger partial charge on any atom is 0.134 e. The highest BCUT2D eigenvalue weighted by Gasteiger charge is 2.27. The number of carbonyl (C=O) groups excluding carboxylic acids is 1. The Morgan fingerprint density at radius 3 is 3.07 bits per heavy atom. The van der Waals surface area contributed by atoms with Crippen molar-refractivity contribution >= 4 is 5.78 Å². The largest absolute Gasteiger partial charge is 0.377 e. The van der Waals surface area contributed by atoms with Crippen molar-refractivity contribution < 1.29 is 9.53 Å². The number of nitrogens with zero attached hydrogens (tertiary/aromatic N) is 1. The monoisotopic (exact) mass is 211 g/mol. The highest BCUT2D eigenvalue weighted by Crippen LogP contribution is 2.22. The summed E-state index contributed by atoms with van der Waals surface area (Å²) in [4.78, 5) is 13.9. The minimum atomic E-state index is 0.324. The van der Waals surface area contributed by atoms with Crippen molar-refractivity contribution in [2.45, 2.75) is 51.2 Å². The normalized spacial score (nSPS) is 35.1. The van der Waals surface area contributed by atoms with Gasteiger partial charge in [-0.25, -0.2) is 0 Å². The van der Waals surface area contributed by atoms with Crippen molar-refractivity contribution in [3.63, 3.8) is 0 Å². The third-order valence-electron chi connectivity index (χ3n) is 3.46. The van der Waals surface area contributed by atoms with Crippen molar-refractivity contribution in [2.24, 2.45) is 0 Å². The SMILES string of the molecule is CC1CN(C2CCCC(=O)C2)CCCO1. The number of hydrogen-bond donors (Lipinski definition) is 0. The summed E-state index contributed by atoms with van der Waals surface area (Å²) >= 11 is 0. The van der Waals surface area contributed by atoms with E-state index in [1.165, 1.54) is 6.42 Å². The highest BCUT2D eigenvalue weighted by atomic mass is 16.5. The fourth-order valence-electron chi connectivity index (χ4n) is 2.67. The van der Waals surface area contributed by atoms with Crippen LogP contribution in [0, 0.1) is 0 Å². The molecule has 3 nitrogen and oxygen atoms in total. The highest BCUT2D eigenvalue weighted by molar-refractivity contribution is 5.79. The van der Waals surface area contributed by atoms with Gasteiger partial charge in [-0.05, 0) is 26.2 Å². The number of ketones is 1. The quantitative estimate of drug-likeness (QED) is 0.660. The Morgan fingerprint density at radius 1 is 1.40 bits per heavy atom. The third kappa shape index (κ3) is 3.02. The van der Waals surface area contributed by atoms with Gasteiger partial charge in [-0.1, -0.05) is 0 Å². The molecule has 2 fully saturated rings. The predicted molar refractivity (Wildman–Crippen MR) is 58.9 cm³/mol. The summed E-state index contributed by atoms with van der Waals surface area (Å²) in [6, 6.07) is 0.496. The van der Waals surface area contributed by atoms with Crippen LogP contribution in [-0.4, -0.2) is 42.5 Å². The summed E-state index contributed by atoms with van der Waals surface area (Å²) in [5, 5.41) is 0. The Bertz CT molecular complexity index is 230. The summed E-state index contributed by atoms with van der Waals surface area (Å²) in [5.74, 6) is 0.448. The van der Waals surface area contributed by atoms with Crippen LogP contribution in [0.3, 0.4) is 0 Å². The van der Waals surface area contributed by atoms with E-state index in [0.29, 0.717) is 17.9 Å². The van der Waals surface area contributed by atoms with Gasteiger partial charge >= 0.3 is 0 Å². The summed E-state index contributed by atoms with van der Waals surface area (Å²) in [6.45, 7) is 5.10. The average molecular weight is 211 g/mol. The molecule has 1 heterocycles. The Balaban J connectivity index is 1.92. The second-order valence-electron chi connectivity index (χ2n) is 4.82. The molecule has 0 aromatic carbocycles. The van der Waals surface area contributed by atoms with E-state index < -0.39 is 0 Å². The van der Waals surface area contributed by atoms with E-state index in [-0.39, 0.29) is 0 Å². The van der Waals surface area contributed by atoms with Crippen LogP contribution < -0.4 is 0 Å². The van der Waals surface area contributed by atoms with Gasteiger partial charge in [0.25, 0.3) is 0 Å². The molecule has 0 amide bonds. The van der Waals surface area contributed by atoms with E-state index in [2.05, 4.69) is 11.8 Å². The average Bonchev–Trinajstić information content (AvgIpc) is 2.43. The molecule has 1 saturated heterocycles. The maximum absolute atomic E-state index is 11.4. The molecule has 0 N–H and O–H groups in total. The fraction of sp³-hybridized carbons (Fsp3) is 0.917. The molecule has 1 aliphatic carbocycles. The lowest BCUT2D eigenvalue weighted by atomic mass is 9.93. The van der Waals surface area contributed by atoms with Gasteiger partial charge in [0.2, 0.25) is 0 Å². The van der Waals surface area contributed by atoms with E-state index in [1.807, 2.05) is 0 Å². The van der Waals surface area contributed by atoms with Gasteiger partial charge < -0.3 is 4.74 Å². The Kier molecular flexibility index (Phi) is 3.76. The first-order chi connectivity index (χ1) is 7.25. The minimum absolute atomic E-state index is 0.324. The van der Waals surface area contributed by atoms with Crippen LogP contribution in [0.15, 0.2) is 0 Å². The lowest BCUT2D eigenvalue weighted by molar-refractivity contribution is -0.122. The molecule has 1 saturated carbocycles. The van der Waals surface area contributed by atoms with Crippen LogP contribution in [0.5, 0.6) is 0 Å². The van der Waals surface area contributed by atoms with Crippen LogP contribution in [0.25, 0.3) is 0 Å². The van der Waals surface area contributed by atoms with E-state index in [1.54, 1.807) is 0 Å². The van der Waals surface area contributed by atoms with Crippen molar-refractivity contribution in [1.29, 1.82) is 0 Å². The zero-order valence-corrected chi connectivity index (χ0v) is 9.58. The lowest BCUT2D eigenvalue weighted by Crippen LogP contribution is -2.42. The third-order valence-corrected chi connectivity index (χ3v) is 3.46. The molecule has 0 aromatic rings. The molecule has 2 aliphatic rings. The standard InChI is InChI=1S/C12H21NO2/c1-10-9-13(6-3-7-15-10)11-4-2-5-12(14)8-11/h10-11H,2-9H2,1H3. The van der Waals surface area contributed by atoms with E-state index in [9.17, 15) is 4.79 Å². The summed E-state index contributed by atoms with van der Waals surface area (Å²) in [7, 11) is 0. The smallest absolute Gasteiger partial charge is 0.134 e. The predicted octanol–water partition coefficient (Wildman–Crippen LogP) is 1.61. The first kappa shape index (κ1) is 11.1. The Morgan fingerprint density at radius 2 is 2.27 bits per heavy atom. The van der Waals surface area contributed by atoms with Crippen molar-refractivity contribution in [1.82, 2.24) is 4.90 Å². The molecular formula is C12H21NO2. The first-order valence-electron chi connectivity index (χ1n) is 6.13. The summed E-state index contributed by atoms with van der Waals surface area (Å²) in [6.07, 6.45) is 5.27. The second-order valence-corrected chi connectivity index (χ2v) is 4.82. The number of Topliss-reactive ketones (excluding diaryl/α,β-unsaturated/α-hetero) is 1.